The molecule has 0 aliphatic rings. The highest BCUT2D eigenvalue weighted by Crippen LogP contribution is 2.36. The van der Waals surface area contributed by atoms with E-state index in [2.05, 4.69) is 10.0 Å². The van der Waals surface area contributed by atoms with E-state index >= 15 is 0 Å². The minimum atomic E-state index is -1.54. The van der Waals surface area contributed by atoms with Gasteiger partial charge in [0.15, 0.2) is 11.5 Å². The molecular formula is C13H15N3O6. The summed E-state index contributed by atoms with van der Waals surface area (Å²) in [5.41, 5.74) is 8.46. The van der Waals surface area contributed by atoms with Gasteiger partial charge in [0, 0.05) is 16.6 Å². The molecule has 0 fully saturated rings. The van der Waals surface area contributed by atoms with Crippen LogP contribution in [0.3, 0.4) is 0 Å². The molecule has 0 amide bonds. The van der Waals surface area contributed by atoms with Crippen LogP contribution in [0.5, 0.6) is 11.5 Å². The molecule has 0 bridgehead atoms. The van der Waals surface area contributed by atoms with Crippen LogP contribution >= 0.6 is 0 Å². The van der Waals surface area contributed by atoms with Crippen LogP contribution in [0.2, 0.25) is 0 Å². The van der Waals surface area contributed by atoms with E-state index in [0.29, 0.717) is 5.56 Å². The predicted octanol–water partition coefficient (Wildman–Crippen LogP) is 1.20. The first-order valence-corrected chi connectivity index (χ1v) is 6.09. The van der Waals surface area contributed by atoms with Crippen LogP contribution in [0.15, 0.2) is 23.3 Å². The van der Waals surface area contributed by atoms with Gasteiger partial charge in [0.05, 0.1) is 19.8 Å². The van der Waals surface area contributed by atoms with Crippen LogP contribution in [0.25, 0.3) is 16.5 Å². The number of phenols is 1. The molecule has 2 unspecified atom stereocenters. The van der Waals surface area contributed by atoms with E-state index in [9.17, 15) is 20.1 Å². The number of carboxylic acids is 1. The van der Waals surface area contributed by atoms with Crippen LogP contribution in [0, 0.1) is 0 Å². The van der Waals surface area contributed by atoms with Gasteiger partial charge in [-0.25, -0.2) is 4.79 Å². The fourth-order valence-electron chi connectivity index (χ4n) is 1.72. The highest BCUT2D eigenvalue weighted by molar-refractivity contribution is 5.85. The van der Waals surface area contributed by atoms with Crippen molar-refractivity contribution in [2.75, 3.05) is 13.7 Å². The third kappa shape index (κ3) is 4.38. The molecule has 0 aliphatic heterocycles. The Labute approximate surface area is 125 Å². The van der Waals surface area contributed by atoms with E-state index < -0.39 is 30.5 Å². The number of aliphatic hydroxyl groups is 2. The number of nitrogens with zero attached hydrogens (tertiary/aromatic N) is 3. The molecule has 0 spiro atoms. The topological polar surface area (TPSA) is 156 Å². The van der Waals surface area contributed by atoms with E-state index in [1.807, 2.05) is 0 Å². The zero-order valence-electron chi connectivity index (χ0n) is 11.6. The number of azide groups is 1. The quantitative estimate of drug-likeness (QED) is 0.256. The molecule has 2 atom stereocenters. The van der Waals surface area contributed by atoms with Gasteiger partial charge in [-0.1, -0.05) is 5.11 Å². The second kappa shape index (κ2) is 7.89. The Bertz CT molecular complexity index is 624. The average Bonchev–Trinajstić information content (AvgIpc) is 2.50. The van der Waals surface area contributed by atoms with Gasteiger partial charge in [-0.15, -0.1) is 0 Å². The average molecular weight is 309 g/mol. The van der Waals surface area contributed by atoms with Crippen LogP contribution in [-0.2, 0) is 4.79 Å². The van der Waals surface area contributed by atoms with Crippen LogP contribution in [-0.4, -0.2) is 46.2 Å². The maximum absolute atomic E-state index is 10.5. The van der Waals surface area contributed by atoms with Gasteiger partial charge in [0.2, 0.25) is 0 Å². The van der Waals surface area contributed by atoms with Crippen molar-refractivity contribution in [3.05, 3.63) is 39.8 Å². The number of phenolic OH excluding ortho intramolecular Hbond substituents is 1. The highest BCUT2D eigenvalue weighted by Gasteiger charge is 2.23. The molecule has 9 nitrogen and oxygen atoms in total. The summed E-state index contributed by atoms with van der Waals surface area (Å²) in [5, 5.41) is 41.5. The fourth-order valence-corrected chi connectivity index (χ4v) is 1.72. The van der Waals surface area contributed by atoms with Gasteiger partial charge in [0.1, 0.15) is 6.10 Å². The number of rotatable bonds is 7. The van der Waals surface area contributed by atoms with Gasteiger partial charge in [-0.05, 0) is 29.3 Å². The van der Waals surface area contributed by atoms with Crippen molar-refractivity contribution in [1.82, 2.24) is 0 Å². The van der Waals surface area contributed by atoms with Gasteiger partial charge >= 0.3 is 5.97 Å². The molecule has 9 heteroatoms. The Kier molecular flexibility index (Phi) is 6.21. The standard InChI is InChI=1S/C13H15N3O6/c1-22-10-5-7(2-3-11(18)19)4-8(13(10)21)12(20)9(17)6-15-16-14/h2-5,9,12,17,20-21H,6H2,1H3,(H,18,19). The molecule has 0 saturated heterocycles. The smallest absolute Gasteiger partial charge is 0.328 e. The third-order valence-electron chi connectivity index (χ3n) is 2.78. The summed E-state index contributed by atoms with van der Waals surface area (Å²) < 4.78 is 4.94. The first-order valence-electron chi connectivity index (χ1n) is 6.09. The van der Waals surface area contributed by atoms with Crippen molar-refractivity contribution in [1.29, 1.82) is 0 Å². The number of aliphatic hydroxyl groups excluding tert-OH is 2. The summed E-state index contributed by atoms with van der Waals surface area (Å²) in [6.07, 6.45) is -0.874. The zero-order chi connectivity index (χ0) is 16.7. The molecular weight excluding hydrogens is 294 g/mol. The lowest BCUT2D eigenvalue weighted by Gasteiger charge is -2.19. The monoisotopic (exact) mass is 309 g/mol. The summed E-state index contributed by atoms with van der Waals surface area (Å²) in [7, 11) is 1.28. The summed E-state index contributed by atoms with van der Waals surface area (Å²) in [4.78, 5) is 13.0. The third-order valence-corrected chi connectivity index (χ3v) is 2.78. The van der Waals surface area contributed by atoms with Crippen molar-refractivity contribution in [3.63, 3.8) is 0 Å². The summed E-state index contributed by atoms with van der Waals surface area (Å²) in [6, 6.07) is 2.66. The second-order valence-corrected chi connectivity index (χ2v) is 4.26. The molecule has 0 saturated carbocycles. The van der Waals surface area contributed by atoms with Crippen LogP contribution < -0.4 is 4.74 Å². The lowest BCUT2D eigenvalue weighted by molar-refractivity contribution is -0.131. The maximum atomic E-state index is 10.5. The van der Waals surface area contributed by atoms with Gasteiger partial charge in [-0.2, -0.15) is 0 Å². The lowest BCUT2D eigenvalue weighted by Crippen LogP contribution is -2.21. The van der Waals surface area contributed by atoms with Crippen molar-refractivity contribution in [2.24, 2.45) is 5.11 Å². The number of aromatic hydroxyl groups is 1. The second-order valence-electron chi connectivity index (χ2n) is 4.26. The molecule has 0 radical (unpaired) electrons. The minimum absolute atomic E-state index is 0.00225. The normalized spacial score (nSPS) is 13.4. The molecule has 0 heterocycles. The Hall–Kier alpha value is -2.74. The molecule has 118 valence electrons. The fraction of sp³-hybridized carbons (Fsp3) is 0.308. The molecule has 4 N–H and O–H groups in total. The summed E-state index contributed by atoms with van der Waals surface area (Å²) >= 11 is 0. The molecule has 22 heavy (non-hydrogen) atoms. The predicted molar refractivity (Wildman–Crippen MR) is 76.3 cm³/mol. The van der Waals surface area contributed by atoms with E-state index in [1.165, 1.54) is 25.3 Å². The lowest BCUT2D eigenvalue weighted by atomic mass is 9.99. The van der Waals surface area contributed by atoms with Crippen molar-refractivity contribution >= 4 is 12.0 Å². The number of methoxy groups -OCH3 is 1. The van der Waals surface area contributed by atoms with Crippen LogP contribution in [0.1, 0.15) is 17.2 Å². The molecule has 0 aromatic heterocycles. The highest BCUT2D eigenvalue weighted by atomic mass is 16.5. The van der Waals surface area contributed by atoms with E-state index in [0.717, 1.165) is 6.08 Å². The maximum Gasteiger partial charge on any atom is 0.328 e. The number of aliphatic carboxylic acids is 1. The molecule has 1 rings (SSSR count). The van der Waals surface area contributed by atoms with Gasteiger partial charge < -0.3 is 25.2 Å². The largest absolute Gasteiger partial charge is 0.504 e. The van der Waals surface area contributed by atoms with Gasteiger partial charge in [-0.3, -0.25) is 0 Å². The van der Waals surface area contributed by atoms with E-state index in [4.69, 9.17) is 15.4 Å². The number of ether oxygens (including phenoxy) is 1. The number of hydrogen-bond donors (Lipinski definition) is 4. The van der Waals surface area contributed by atoms with E-state index in [1.54, 1.807) is 0 Å². The Balaban J connectivity index is 3.23. The Morgan fingerprint density at radius 3 is 2.73 bits per heavy atom. The van der Waals surface area contributed by atoms with Crippen molar-refractivity contribution in [3.8, 4) is 11.5 Å². The van der Waals surface area contributed by atoms with Crippen molar-refractivity contribution < 1.29 is 30.0 Å². The molecule has 1 aromatic rings. The number of benzene rings is 1. The van der Waals surface area contributed by atoms with E-state index in [-0.39, 0.29) is 11.3 Å². The SMILES string of the molecule is COc1cc(C=CC(=O)O)cc(C(O)C(O)CN=[N+]=[N-])c1O. The minimum Gasteiger partial charge on any atom is -0.504 e. The van der Waals surface area contributed by atoms with Crippen molar-refractivity contribution in [2.45, 2.75) is 12.2 Å². The first kappa shape index (κ1) is 17.3. The Morgan fingerprint density at radius 2 is 2.18 bits per heavy atom. The number of carbonyl (C=O) groups is 1. The van der Waals surface area contributed by atoms with Gasteiger partial charge in [0.25, 0.3) is 0 Å². The summed E-state index contributed by atoms with van der Waals surface area (Å²) in [6.45, 7) is -0.394. The zero-order valence-corrected chi connectivity index (χ0v) is 11.6. The Morgan fingerprint density at radius 1 is 1.50 bits per heavy atom. The van der Waals surface area contributed by atoms with Crippen LogP contribution in [0.4, 0.5) is 0 Å². The number of hydrogen-bond acceptors (Lipinski definition) is 6. The molecule has 1 aromatic carbocycles. The number of carboxylic acid groups (broad SMARTS) is 1. The summed E-state index contributed by atoms with van der Waals surface area (Å²) in [5.74, 6) is -1.57. The first-order chi connectivity index (χ1) is 10.4. The molecule has 0 aliphatic carbocycles.